The number of aliphatic hydroxyl groups excluding tert-OH is 2. The molecule has 2 rings (SSSR count). The molecule has 0 fully saturated rings. The summed E-state index contributed by atoms with van der Waals surface area (Å²) in [4.78, 5) is 0. The molecule has 0 saturated heterocycles. The second-order valence-electron chi connectivity index (χ2n) is 3.88. The summed E-state index contributed by atoms with van der Waals surface area (Å²) >= 11 is 0. The second-order valence-corrected chi connectivity index (χ2v) is 3.88. The first-order chi connectivity index (χ1) is 9.19. The summed E-state index contributed by atoms with van der Waals surface area (Å²) < 4.78 is 0. The van der Waals surface area contributed by atoms with Crippen LogP contribution in [0.1, 0.15) is 11.1 Å². The molecule has 0 spiro atoms. The van der Waals surface area contributed by atoms with Crippen LogP contribution < -0.4 is 0 Å². The highest BCUT2D eigenvalue weighted by atomic mass is 16.3. The van der Waals surface area contributed by atoms with Crippen molar-refractivity contribution in [1.82, 2.24) is 0 Å². The fourth-order valence-electron chi connectivity index (χ4n) is 1.53. The summed E-state index contributed by atoms with van der Waals surface area (Å²) in [7, 11) is 0. The molecule has 0 radical (unpaired) electrons. The molecule has 0 aromatic heterocycles. The van der Waals surface area contributed by atoms with Gasteiger partial charge in [-0.05, 0) is 23.3 Å². The monoisotopic (exact) mass is 262 g/mol. The van der Waals surface area contributed by atoms with Crippen molar-refractivity contribution in [1.29, 1.82) is 0 Å². The van der Waals surface area contributed by atoms with Gasteiger partial charge in [-0.2, -0.15) is 0 Å². The van der Waals surface area contributed by atoms with Crippen molar-refractivity contribution in [2.24, 2.45) is 0 Å². The predicted molar refractivity (Wildman–Crippen MR) is 73.2 cm³/mol. The van der Waals surface area contributed by atoms with Crippen LogP contribution in [0.3, 0.4) is 0 Å². The normalized spacial score (nSPS) is 9.58. The minimum Gasteiger partial charge on any atom is -0.508 e. The molecule has 0 unspecified atom stereocenters. The number of hydrogen-bond acceptors (Lipinski definition) is 4. The molecule has 0 aliphatic heterocycles. The molecule has 0 saturated carbocycles. The van der Waals surface area contributed by atoms with Crippen LogP contribution in [0.25, 0.3) is 0 Å². The lowest BCUT2D eigenvalue weighted by Gasteiger charge is -2.05. The Balaban J connectivity index is 0.000000399. The van der Waals surface area contributed by atoms with E-state index in [-0.39, 0.29) is 24.7 Å². The van der Waals surface area contributed by atoms with Crippen LogP contribution in [0.5, 0.6) is 11.5 Å². The molecule has 2 aromatic rings. The van der Waals surface area contributed by atoms with E-state index in [1.54, 1.807) is 24.3 Å². The predicted octanol–water partition coefficient (Wildman–Crippen LogP) is 1.66. The van der Waals surface area contributed by atoms with Gasteiger partial charge in [-0.3, -0.25) is 0 Å². The quantitative estimate of drug-likeness (QED) is 0.678. The number of aliphatic hydroxyl groups is 2. The number of para-hydroxylation sites is 2. The third-order valence-electron chi connectivity index (χ3n) is 2.46. The van der Waals surface area contributed by atoms with Gasteiger partial charge >= 0.3 is 0 Å². The van der Waals surface area contributed by atoms with Crippen LogP contribution in [0.2, 0.25) is 0 Å². The zero-order valence-corrected chi connectivity index (χ0v) is 10.5. The zero-order chi connectivity index (χ0) is 14.1. The number of phenols is 2. The smallest absolute Gasteiger partial charge is 0.119 e. The van der Waals surface area contributed by atoms with E-state index in [1.807, 2.05) is 24.3 Å². The fraction of sp³-hybridized carbons (Fsp3) is 0.200. The fourth-order valence-corrected chi connectivity index (χ4v) is 1.53. The highest BCUT2D eigenvalue weighted by Crippen LogP contribution is 2.24. The average Bonchev–Trinajstić information content (AvgIpc) is 2.44. The maximum atomic E-state index is 9.58. The molecule has 19 heavy (non-hydrogen) atoms. The largest absolute Gasteiger partial charge is 0.508 e. The van der Waals surface area contributed by atoms with E-state index >= 15 is 0 Å². The zero-order valence-electron chi connectivity index (χ0n) is 10.5. The Labute approximate surface area is 112 Å². The second kappa shape index (κ2) is 8.13. The molecule has 2 aromatic carbocycles. The molecule has 4 nitrogen and oxygen atoms in total. The highest BCUT2D eigenvalue weighted by Gasteiger charge is 2.04. The Bertz CT molecular complexity index is 452. The van der Waals surface area contributed by atoms with Crippen LogP contribution in [-0.4, -0.2) is 33.6 Å². The summed E-state index contributed by atoms with van der Waals surface area (Å²) in [6, 6.07) is 14.3. The van der Waals surface area contributed by atoms with Crippen LogP contribution in [-0.2, 0) is 6.42 Å². The van der Waals surface area contributed by atoms with Gasteiger partial charge in [0.1, 0.15) is 11.5 Å². The van der Waals surface area contributed by atoms with Crippen molar-refractivity contribution in [3.63, 3.8) is 0 Å². The molecule has 0 amide bonds. The lowest BCUT2D eigenvalue weighted by atomic mass is 10.0. The van der Waals surface area contributed by atoms with Crippen molar-refractivity contribution in [2.75, 3.05) is 13.2 Å². The molecule has 0 heterocycles. The minimum absolute atomic E-state index is 0.125. The number of rotatable bonds is 3. The van der Waals surface area contributed by atoms with E-state index in [9.17, 15) is 10.2 Å². The molecule has 0 bridgehead atoms. The van der Waals surface area contributed by atoms with E-state index in [0.717, 1.165) is 11.1 Å². The first kappa shape index (κ1) is 15.0. The van der Waals surface area contributed by atoms with Crippen molar-refractivity contribution >= 4 is 0 Å². The van der Waals surface area contributed by atoms with E-state index in [0.29, 0.717) is 6.42 Å². The Hall–Kier alpha value is -2.04. The Morgan fingerprint density at radius 3 is 1.32 bits per heavy atom. The van der Waals surface area contributed by atoms with Crippen LogP contribution in [0.15, 0.2) is 48.5 Å². The molecule has 0 atom stereocenters. The van der Waals surface area contributed by atoms with E-state index in [1.165, 1.54) is 0 Å². The van der Waals surface area contributed by atoms with E-state index < -0.39 is 0 Å². The molecule has 0 aliphatic rings. The van der Waals surface area contributed by atoms with Gasteiger partial charge in [0.05, 0.1) is 13.2 Å². The van der Waals surface area contributed by atoms with Gasteiger partial charge in [0, 0.05) is 6.42 Å². The van der Waals surface area contributed by atoms with E-state index in [2.05, 4.69) is 0 Å². The van der Waals surface area contributed by atoms with Crippen molar-refractivity contribution in [2.45, 2.75) is 6.42 Å². The molecule has 4 N–H and O–H groups in total. The summed E-state index contributed by atoms with van der Waals surface area (Å²) in [6.07, 6.45) is 0.541. The van der Waals surface area contributed by atoms with Gasteiger partial charge < -0.3 is 20.4 Å². The SMILES string of the molecule is OCCO.Oc1ccccc1Cc1ccccc1O. The summed E-state index contributed by atoms with van der Waals surface area (Å²) in [5, 5.41) is 34.4. The van der Waals surface area contributed by atoms with Crippen LogP contribution in [0, 0.1) is 0 Å². The molecular weight excluding hydrogens is 244 g/mol. The van der Waals surface area contributed by atoms with Gasteiger partial charge in [-0.1, -0.05) is 36.4 Å². The van der Waals surface area contributed by atoms with Crippen molar-refractivity contribution in [3.05, 3.63) is 59.7 Å². The Kier molecular flexibility index (Phi) is 6.43. The Morgan fingerprint density at radius 2 is 1.00 bits per heavy atom. The number of hydrogen-bond donors (Lipinski definition) is 4. The standard InChI is InChI=1S/C13H12O2.C2H6O2/c14-12-7-3-1-5-10(12)9-11-6-2-4-8-13(11)15;3-1-2-4/h1-8,14-15H,9H2;3-4H,1-2H2. The summed E-state index contributed by atoms with van der Waals surface area (Å²) in [5.41, 5.74) is 1.64. The maximum Gasteiger partial charge on any atom is 0.119 e. The minimum atomic E-state index is -0.125. The Morgan fingerprint density at radius 1 is 0.632 bits per heavy atom. The number of benzene rings is 2. The first-order valence-electron chi connectivity index (χ1n) is 5.94. The first-order valence-corrected chi connectivity index (χ1v) is 5.94. The van der Waals surface area contributed by atoms with Gasteiger partial charge in [0.2, 0.25) is 0 Å². The molecule has 102 valence electrons. The van der Waals surface area contributed by atoms with Gasteiger partial charge in [-0.15, -0.1) is 0 Å². The lowest BCUT2D eigenvalue weighted by Crippen LogP contribution is -1.88. The molecular formula is C15H18O4. The lowest BCUT2D eigenvalue weighted by molar-refractivity contribution is 0.186. The highest BCUT2D eigenvalue weighted by molar-refractivity contribution is 5.41. The van der Waals surface area contributed by atoms with Crippen molar-refractivity contribution in [3.8, 4) is 11.5 Å². The average molecular weight is 262 g/mol. The third kappa shape index (κ3) is 4.99. The third-order valence-corrected chi connectivity index (χ3v) is 2.46. The van der Waals surface area contributed by atoms with Gasteiger partial charge in [-0.25, -0.2) is 0 Å². The summed E-state index contributed by atoms with van der Waals surface area (Å²) in [5.74, 6) is 0.529. The topological polar surface area (TPSA) is 80.9 Å². The van der Waals surface area contributed by atoms with Crippen LogP contribution >= 0.6 is 0 Å². The molecule has 4 heteroatoms. The van der Waals surface area contributed by atoms with E-state index in [4.69, 9.17) is 10.2 Å². The molecule has 0 aliphatic carbocycles. The summed E-state index contributed by atoms with van der Waals surface area (Å²) in [6.45, 7) is -0.250. The number of aromatic hydroxyl groups is 2. The van der Waals surface area contributed by atoms with Gasteiger partial charge in [0.15, 0.2) is 0 Å². The number of phenolic OH excluding ortho intramolecular Hbond substituents is 2. The van der Waals surface area contributed by atoms with Gasteiger partial charge in [0.25, 0.3) is 0 Å². The van der Waals surface area contributed by atoms with Crippen molar-refractivity contribution < 1.29 is 20.4 Å². The van der Waals surface area contributed by atoms with Crippen LogP contribution in [0.4, 0.5) is 0 Å². The maximum absolute atomic E-state index is 9.58.